The van der Waals surface area contributed by atoms with E-state index in [9.17, 15) is 40.5 Å². The van der Waals surface area contributed by atoms with Gasteiger partial charge in [0.2, 0.25) is 0 Å². The molecule has 294 valence electrons. The average Bonchev–Trinajstić information content (AvgIpc) is 3.13. The van der Waals surface area contributed by atoms with Gasteiger partial charge in [0.1, 0.15) is 18.3 Å². The molecule has 8 aliphatic rings. The number of fused-ring (bicyclic) bond motifs is 3. The fourth-order valence-electron chi connectivity index (χ4n) is 15.9. The minimum absolute atomic E-state index is 0.0185. The summed E-state index contributed by atoms with van der Waals surface area (Å²) in [7, 11) is 0. The zero-order valence-corrected chi connectivity index (χ0v) is 31.8. The standard InChI is InChI=1S/C42H66O10/c1-36(23-43)16-17-39(35(49)50)18-19-40-12-7-13-41(15-10-26(40)27(39)20-36)38(40,3)14-11-30-37(2,24-44)33(52-34-32(48)31(47)29(46)22-51-34)28(45)21-42(30,41)25-8-5-4-6-9-25/h10,25,27-34,43-48H,4-9,11-24H2,1-3H3,(H,49,50)/t27-,28+,29+,30+,31-,32+,33+,34-,36-,37-,38-,39-,40+,41-,42+/m0/s1. The van der Waals surface area contributed by atoms with Crippen molar-refractivity contribution >= 4 is 5.97 Å². The first-order chi connectivity index (χ1) is 24.6. The molecule has 6 saturated carbocycles. The number of hydrogen-bond donors (Lipinski definition) is 7. The van der Waals surface area contributed by atoms with E-state index in [1.807, 2.05) is 0 Å². The second-order valence-corrected chi connectivity index (χ2v) is 20.1. The minimum Gasteiger partial charge on any atom is -0.481 e. The normalized spacial score (nSPS) is 54.9. The topological polar surface area (TPSA) is 177 Å². The lowest BCUT2D eigenvalue weighted by Gasteiger charge is -2.81. The number of carbonyl (C=O) groups is 1. The Morgan fingerprint density at radius 1 is 0.827 bits per heavy atom. The maximum absolute atomic E-state index is 13.3. The molecule has 0 amide bonds. The van der Waals surface area contributed by atoms with Gasteiger partial charge in [-0.3, -0.25) is 4.79 Å². The number of carboxylic acid groups (broad SMARTS) is 1. The molecule has 0 unspecified atom stereocenters. The molecule has 0 aromatic carbocycles. The van der Waals surface area contributed by atoms with E-state index in [-0.39, 0.29) is 58.7 Å². The average molecular weight is 731 g/mol. The Morgan fingerprint density at radius 2 is 1.56 bits per heavy atom. The Morgan fingerprint density at radius 3 is 2.25 bits per heavy atom. The number of ether oxygens (including phenoxy) is 2. The van der Waals surface area contributed by atoms with Crippen LogP contribution in [0.5, 0.6) is 0 Å². The van der Waals surface area contributed by atoms with Crippen molar-refractivity contribution in [2.75, 3.05) is 19.8 Å². The van der Waals surface area contributed by atoms with Gasteiger partial charge in [0.25, 0.3) is 0 Å². The van der Waals surface area contributed by atoms with E-state index in [4.69, 9.17) is 9.47 Å². The summed E-state index contributed by atoms with van der Waals surface area (Å²) in [6, 6.07) is 0. The largest absolute Gasteiger partial charge is 0.481 e. The van der Waals surface area contributed by atoms with E-state index in [1.165, 1.54) is 12.0 Å². The summed E-state index contributed by atoms with van der Waals surface area (Å²) < 4.78 is 12.2. The van der Waals surface area contributed by atoms with Crippen LogP contribution in [0.2, 0.25) is 0 Å². The predicted molar refractivity (Wildman–Crippen MR) is 192 cm³/mol. The van der Waals surface area contributed by atoms with E-state index in [0.717, 1.165) is 77.0 Å². The number of carboxylic acids is 1. The molecule has 0 aromatic rings. The van der Waals surface area contributed by atoms with Gasteiger partial charge in [-0.1, -0.05) is 58.1 Å². The lowest BCUT2D eigenvalue weighted by atomic mass is 9.23. The SMILES string of the molecule is C[C@]1(CO)CC[C@]2(C(=O)O)CC[C@]34CCC[C@]5(CC=C3[C@@H]2C1)[C@@]4(C)CC[C@@H]1[C@](C)(CO)[C@H](O[C@@H]2OC[C@@H](O)[C@H](O)[C@H]2O)[C@H](O)C[C@@]15C1CCCCC1. The molecule has 1 heterocycles. The van der Waals surface area contributed by atoms with Crippen LogP contribution in [-0.2, 0) is 14.3 Å². The first kappa shape index (κ1) is 37.8. The molecule has 8 rings (SSSR count). The molecule has 7 N–H and O–H groups in total. The van der Waals surface area contributed by atoms with Crippen LogP contribution in [0.15, 0.2) is 11.6 Å². The summed E-state index contributed by atoms with van der Waals surface area (Å²) >= 11 is 0. The predicted octanol–water partition coefficient (Wildman–Crippen LogP) is 4.71. The highest BCUT2D eigenvalue weighted by Crippen LogP contribution is 2.85. The summed E-state index contributed by atoms with van der Waals surface area (Å²) in [6.45, 7) is 6.41. The summed E-state index contributed by atoms with van der Waals surface area (Å²) in [5.41, 5.74) is -1.38. The number of aliphatic hydroxyl groups excluding tert-OH is 6. The van der Waals surface area contributed by atoms with Crippen LogP contribution in [0.1, 0.15) is 130 Å². The number of aliphatic hydroxyl groups is 6. The van der Waals surface area contributed by atoms with Gasteiger partial charge in [-0.05, 0) is 128 Å². The second kappa shape index (κ2) is 12.7. The fourth-order valence-corrected chi connectivity index (χ4v) is 15.9. The molecule has 0 aromatic heterocycles. The van der Waals surface area contributed by atoms with Gasteiger partial charge < -0.3 is 45.2 Å². The lowest BCUT2D eigenvalue weighted by Crippen LogP contribution is -2.76. The van der Waals surface area contributed by atoms with E-state index in [1.54, 1.807) is 0 Å². The Hall–Kier alpha value is -1.11. The van der Waals surface area contributed by atoms with Crippen molar-refractivity contribution in [1.82, 2.24) is 0 Å². The van der Waals surface area contributed by atoms with Gasteiger partial charge in [-0.2, -0.15) is 0 Å². The first-order valence-corrected chi connectivity index (χ1v) is 20.8. The molecule has 10 nitrogen and oxygen atoms in total. The highest BCUT2D eigenvalue weighted by atomic mass is 16.7. The summed E-state index contributed by atoms with van der Waals surface area (Å²) in [5, 5.41) is 77.1. The molecule has 1 spiro atoms. The van der Waals surface area contributed by atoms with Crippen molar-refractivity contribution in [2.45, 2.75) is 167 Å². The van der Waals surface area contributed by atoms with Crippen LogP contribution in [0.25, 0.3) is 0 Å². The highest BCUT2D eigenvalue weighted by molar-refractivity contribution is 5.76. The van der Waals surface area contributed by atoms with Crippen molar-refractivity contribution in [3.05, 3.63) is 11.6 Å². The number of allylic oxidation sites excluding steroid dienone is 2. The third-order valence-corrected chi connectivity index (χ3v) is 18.5. The van der Waals surface area contributed by atoms with Crippen LogP contribution in [0, 0.1) is 55.7 Å². The van der Waals surface area contributed by atoms with Gasteiger partial charge in [0, 0.05) is 12.0 Å². The lowest BCUT2D eigenvalue weighted by molar-refractivity contribution is -0.354. The molecular weight excluding hydrogens is 664 g/mol. The molecular formula is C42H66O10. The van der Waals surface area contributed by atoms with Crippen molar-refractivity contribution in [3.63, 3.8) is 0 Å². The Kier molecular flexibility index (Phi) is 9.23. The monoisotopic (exact) mass is 730 g/mol. The molecule has 7 fully saturated rings. The Balaban J connectivity index is 1.26. The van der Waals surface area contributed by atoms with Crippen LogP contribution in [0.4, 0.5) is 0 Å². The van der Waals surface area contributed by atoms with E-state index < -0.39 is 53.6 Å². The van der Waals surface area contributed by atoms with Crippen LogP contribution >= 0.6 is 0 Å². The molecule has 15 atom stereocenters. The molecule has 0 radical (unpaired) electrons. The number of aliphatic carboxylic acids is 1. The van der Waals surface area contributed by atoms with E-state index >= 15 is 0 Å². The fraction of sp³-hybridized carbons (Fsp3) is 0.929. The first-order valence-electron chi connectivity index (χ1n) is 20.8. The minimum atomic E-state index is -1.49. The zero-order chi connectivity index (χ0) is 37.1. The zero-order valence-electron chi connectivity index (χ0n) is 31.8. The van der Waals surface area contributed by atoms with Gasteiger partial charge in [0.15, 0.2) is 6.29 Å². The molecule has 10 heteroatoms. The summed E-state index contributed by atoms with van der Waals surface area (Å²) in [4.78, 5) is 13.3. The smallest absolute Gasteiger partial charge is 0.310 e. The molecule has 7 aliphatic carbocycles. The maximum Gasteiger partial charge on any atom is 0.310 e. The molecule has 52 heavy (non-hydrogen) atoms. The van der Waals surface area contributed by atoms with Crippen molar-refractivity contribution in [1.29, 1.82) is 0 Å². The van der Waals surface area contributed by atoms with Gasteiger partial charge in [-0.15, -0.1) is 0 Å². The Labute approximate surface area is 309 Å². The molecule has 2 bridgehead atoms. The third-order valence-electron chi connectivity index (χ3n) is 18.5. The van der Waals surface area contributed by atoms with Crippen LogP contribution < -0.4 is 0 Å². The molecule has 1 aliphatic heterocycles. The van der Waals surface area contributed by atoms with E-state index in [0.29, 0.717) is 31.6 Å². The van der Waals surface area contributed by atoms with Gasteiger partial charge >= 0.3 is 5.97 Å². The van der Waals surface area contributed by atoms with Crippen molar-refractivity contribution in [2.24, 2.45) is 55.7 Å². The number of rotatable bonds is 6. The van der Waals surface area contributed by atoms with Crippen molar-refractivity contribution < 1.29 is 50.0 Å². The third kappa shape index (κ3) is 4.67. The number of hydrogen-bond acceptors (Lipinski definition) is 9. The summed E-state index contributed by atoms with van der Waals surface area (Å²) in [6.07, 6.45) is 10.8. The highest BCUT2D eigenvalue weighted by Gasteiger charge is 2.80. The maximum atomic E-state index is 13.3. The molecule has 1 saturated heterocycles. The van der Waals surface area contributed by atoms with Gasteiger partial charge in [0.05, 0.1) is 30.8 Å². The Bertz CT molecular complexity index is 1430. The second-order valence-electron chi connectivity index (χ2n) is 20.1. The van der Waals surface area contributed by atoms with Crippen LogP contribution in [0.3, 0.4) is 0 Å². The van der Waals surface area contributed by atoms with Gasteiger partial charge in [-0.25, -0.2) is 0 Å². The van der Waals surface area contributed by atoms with E-state index in [2.05, 4.69) is 26.8 Å². The van der Waals surface area contributed by atoms with Crippen molar-refractivity contribution in [3.8, 4) is 0 Å². The quantitative estimate of drug-likeness (QED) is 0.150. The van der Waals surface area contributed by atoms with Crippen LogP contribution in [-0.4, -0.2) is 98.3 Å². The summed E-state index contributed by atoms with van der Waals surface area (Å²) in [5.74, 6) is -0.401.